The average molecular weight is 167 g/mol. The number of hydrogen-bond acceptors (Lipinski definition) is 3. The largest absolute Gasteiger partial charge is 0.460 e. The van der Waals surface area contributed by atoms with E-state index in [1.165, 1.54) is 11.0 Å². The number of carbonyl (C=O) groups excluding carboxylic acids is 1. The van der Waals surface area contributed by atoms with Crippen molar-refractivity contribution in [3.05, 3.63) is 18.2 Å². The second-order valence-electron chi connectivity index (χ2n) is 2.32. The average Bonchev–Trinajstić information content (AvgIpc) is 2.05. The molecule has 0 saturated heterocycles. The highest BCUT2D eigenvalue weighted by Gasteiger charge is 2.09. The molecule has 0 saturated carbocycles. The van der Waals surface area contributed by atoms with Crippen LogP contribution in [0.4, 0.5) is 4.79 Å². The van der Waals surface area contributed by atoms with Gasteiger partial charge in [-0.15, -0.1) is 10.1 Å². The van der Waals surface area contributed by atoms with Gasteiger partial charge in [-0.25, -0.2) is 4.79 Å². The van der Waals surface area contributed by atoms with Crippen molar-refractivity contribution in [3.8, 4) is 0 Å². The van der Waals surface area contributed by atoms with Crippen LogP contribution in [0.3, 0.4) is 0 Å². The van der Waals surface area contributed by atoms with Crippen molar-refractivity contribution < 1.29 is 9.48 Å². The van der Waals surface area contributed by atoms with Gasteiger partial charge in [-0.2, -0.15) is 0 Å². The van der Waals surface area contributed by atoms with E-state index in [2.05, 4.69) is 15.4 Å². The summed E-state index contributed by atoms with van der Waals surface area (Å²) in [6, 6.07) is -0.256. The minimum absolute atomic E-state index is 0.256. The molecule has 5 nitrogen and oxygen atoms in total. The summed E-state index contributed by atoms with van der Waals surface area (Å²) < 4.78 is 1.18. The number of carbonyl (C=O) groups is 1. The van der Waals surface area contributed by atoms with E-state index in [-0.39, 0.29) is 6.03 Å². The molecule has 1 amide bonds. The second-order valence-corrected chi connectivity index (χ2v) is 2.32. The van der Waals surface area contributed by atoms with Gasteiger partial charge in [-0.05, 0) is 13.8 Å². The van der Waals surface area contributed by atoms with E-state index in [4.69, 9.17) is 0 Å². The molecule has 12 heavy (non-hydrogen) atoms. The van der Waals surface area contributed by atoms with Gasteiger partial charge in [0.05, 0.1) is 6.54 Å². The molecule has 0 aliphatic heterocycles. The van der Waals surface area contributed by atoms with E-state index < -0.39 is 0 Å². The molecular formula is C7H11N4O+. The molecule has 0 spiro atoms. The first-order chi connectivity index (χ1) is 5.74. The zero-order valence-electron chi connectivity index (χ0n) is 7.11. The number of nitrogens with zero attached hydrogens (tertiary/aromatic N) is 3. The maximum Gasteiger partial charge on any atom is 0.460 e. The lowest BCUT2D eigenvalue weighted by atomic mass is 10.6. The Bertz CT molecular complexity index is 286. The quantitative estimate of drug-likeness (QED) is 0.581. The highest BCUT2D eigenvalue weighted by atomic mass is 16.2. The van der Waals surface area contributed by atoms with Crippen LogP contribution >= 0.6 is 0 Å². The fourth-order valence-corrected chi connectivity index (χ4v) is 0.756. The van der Waals surface area contributed by atoms with Crippen molar-refractivity contribution in [3.63, 3.8) is 0 Å². The standard InChI is InChI=1S/C7H10N4O/c1-3-9-7(12)11-5-8-4-6(2)10-11/h4-5H,3H2,1-2H3/p+1. The Morgan fingerprint density at radius 1 is 1.75 bits per heavy atom. The Hall–Kier alpha value is -1.52. The number of aromatic nitrogens is 3. The van der Waals surface area contributed by atoms with Crippen LogP contribution in [-0.2, 0) is 0 Å². The van der Waals surface area contributed by atoms with Crippen LogP contribution < -0.4 is 10.00 Å². The molecule has 0 bridgehead atoms. The van der Waals surface area contributed by atoms with Crippen LogP contribution in [0.15, 0.2) is 12.5 Å². The maximum atomic E-state index is 11.1. The highest BCUT2D eigenvalue weighted by Crippen LogP contribution is 1.78. The van der Waals surface area contributed by atoms with Gasteiger partial charge in [0, 0.05) is 0 Å². The molecule has 0 aromatic carbocycles. The Balaban J connectivity index is 2.81. The zero-order chi connectivity index (χ0) is 8.97. The molecule has 1 heterocycles. The lowest BCUT2D eigenvalue weighted by molar-refractivity contribution is -0.640. The van der Waals surface area contributed by atoms with Crippen LogP contribution in [0.5, 0.6) is 0 Å². The normalized spacial score (nSPS) is 9.50. The van der Waals surface area contributed by atoms with Crippen molar-refractivity contribution in [2.45, 2.75) is 13.8 Å². The van der Waals surface area contributed by atoms with Gasteiger partial charge in [0.25, 0.3) is 6.33 Å². The first-order valence-electron chi connectivity index (χ1n) is 3.73. The molecule has 5 heteroatoms. The van der Waals surface area contributed by atoms with E-state index in [0.29, 0.717) is 12.2 Å². The molecule has 0 unspecified atom stereocenters. The maximum absolute atomic E-state index is 11.1. The summed E-state index contributed by atoms with van der Waals surface area (Å²) in [5.74, 6) is 0. The van der Waals surface area contributed by atoms with Crippen LogP contribution in [0, 0.1) is 6.92 Å². The summed E-state index contributed by atoms with van der Waals surface area (Å²) >= 11 is 0. The Morgan fingerprint density at radius 3 is 3.08 bits per heavy atom. The van der Waals surface area contributed by atoms with Gasteiger partial charge in [0.1, 0.15) is 11.9 Å². The topological polar surface area (TPSA) is 58.8 Å². The third-order valence-electron chi connectivity index (χ3n) is 1.24. The Labute approximate surface area is 70.4 Å². The first-order valence-corrected chi connectivity index (χ1v) is 3.73. The summed E-state index contributed by atoms with van der Waals surface area (Å²) in [5, 5.41) is 6.54. The molecule has 0 radical (unpaired) electrons. The minimum atomic E-state index is -0.256. The number of nitrogens with one attached hydrogen (secondary N) is 1. The molecule has 64 valence electrons. The van der Waals surface area contributed by atoms with Crippen molar-refractivity contribution in [2.24, 2.45) is 0 Å². The van der Waals surface area contributed by atoms with Gasteiger partial charge in [-0.1, -0.05) is 4.68 Å². The van der Waals surface area contributed by atoms with Crippen molar-refractivity contribution >= 4 is 6.03 Å². The third kappa shape index (κ3) is 1.98. The van der Waals surface area contributed by atoms with Gasteiger partial charge < -0.3 is 0 Å². The van der Waals surface area contributed by atoms with Gasteiger partial charge >= 0.3 is 6.03 Å². The van der Waals surface area contributed by atoms with Crippen LogP contribution in [0.1, 0.15) is 12.6 Å². The van der Waals surface area contributed by atoms with Crippen LogP contribution in [0.2, 0.25) is 0 Å². The summed E-state index contributed by atoms with van der Waals surface area (Å²) in [6.45, 7) is 4.21. The molecule has 0 atom stereocenters. The summed E-state index contributed by atoms with van der Waals surface area (Å²) in [7, 11) is 0. The molecule has 0 aliphatic rings. The predicted molar refractivity (Wildman–Crippen MR) is 41.4 cm³/mol. The minimum Gasteiger partial charge on any atom is -0.269 e. The van der Waals surface area contributed by atoms with Crippen molar-refractivity contribution in [1.29, 1.82) is 0 Å². The Kier molecular flexibility index (Phi) is 2.68. The summed E-state index contributed by atoms with van der Waals surface area (Å²) in [6.07, 6.45) is 2.97. The smallest absolute Gasteiger partial charge is 0.269 e. The Morgan fingerprint density at radius 2 is 2.50 bits per heavy atom. The van der Waals surface area contributed by atoms with Gasteiger partial charge in [0.2, 0.25) is 0 Å². The van der Waals surface area contributed by atoms with Crippen LogP contribution in [0.25, 0.3) is 0 Å². The summed E-state index contributed by atoms with van der Waals surface area (Å²) in [4.78, 5) is 15.0. The fourth-order valence-electron chi connectivity index (χ4n) is 0.756. The van der Waals surface area contributed by atoms with E-state index in [0.717, 1.165) is 0 Å². The molecule has 1 N–H and O–H groups in total. The SMILES string of the molecule is CCNC(=O)[n+]1cncc(C)n1. The molecule has 0 fully saturated rings. The monoisotopic (exact) mass is 167 g/mol. The lowest BCUT2D eigenvalue weighted by Crippen LogP contribution is -2.53. The third-order valence-corrected chi connectivity index (χ3v) is 1.24. The molecule has 1 rings (SSSR count). The van der Waals surface area contributed by atoms with Gasteiger partial charge in [0.15, 0.2) is 0 Å². The van der Waals surface area contributed by atoms with E-state index >= 15 is 0 Å². The fraction of sp³-hybridized carbons (Fsp3) is 0.429. The van der Waals surface area contributed by atoms with E-state index in [1.54, 1.807) is 13.1 Å². The number of amides is 1. The number of hydrogen-bond donors (Lipinski definition) is 1. The predicted octanol–water partition coefficient (Wildman–Crippen LogP) is -0.350. The number of aryl methyl sites for hydroxylation is 1. The zero-order valence-corrected chi connectivity index (χ0v) is 7.11. The van der Waals surface area contributed by atoms with Crippen LogP contribution in [-0.4, -0.2) is 22.7 Å². The van der Waals surface area contributed by atoms with Crippen molar-refractivity contribution in [2.75, 3.05) is 6.54 Å². The molecule has 1 aromatic rings. The first kappa shape index (κ1) is 8.58. The van der Waals surface area contributed by atoms with Gasteiger partial charge in [-0.3, -0.25) is 5.32 Å². The molecule has 1 aromatic heterocycles. The highest BCUT2D eigenvalue weighted by molar-refractivity contribution is 5.63. The summed E-state index contributed by atoms with van der Waals surface area (Å²) in [5.41, 5.74) is 0.712. The van der Waals surface area contributed by atoms with Crippen molar-refractivity contribution in [1.82, 2.24) is 15.4 Å². The van der Waals surface area contributed by atoms with E-state index in [1.807, 2.05) is 6.92 Å². The molecule has 0 aliphatic carbocycles. The lowest BCUT2D eigenvalue weighted by Gasteiger charge is -1.95. The number of rotatable bonds is 1. The van der Waals surface area contributed by atoms with E-state index in [9.17, 15) is 4.79 Å². The second kappa shape index (κ2) is 3.75. The molecular weight excluding hydrogens is 156 g/mol.